The molecule has 0 amide bonds. The van der Waals surface area contributed by atoms with Crippen LogP contribution in [0.25, 0.3) is 0 Å². The van der Waals surface area contributed by atoms with E-state index in [0.29, 0.717) is 12.4 Å². The van der Waals surface area contributed by atoms with Crippen molar-refractivity contribution in [3.8, 4) is 0 Å². The first-order valence-electron chi connectivity index (χ1n) is 5.44. The van der Waals surface area contributed by atoms with Gasteiger partial charge in [0.15, 0.2) is 5.76 Å². The van der Waals surface area contributed by atoms with E-state index in [-0.39, 0.29) is 17.8 Å². The Kier molecular flexibility index (Phi) is 2.91. The number of furan rings is 1. The highest BCUT2D eigenvalue weighted by Gasteiger charge is 2.34. The number of hydrogen-bond donors (Lipinski definition) is 0. The van der Waals surface area contributed by atoms with Gasteiger partial charge in [-0.2, -0.15) is 0 Å². The average molecular weight is 208 g/mol. The minimum Gasteiger partial charge on any atom is -0.458 e. The predicted molar refractivity (Wildman–Crippen MR) is 55.9 cm³/mol. The number of rotatable bonds is 3. The molecule has 0 aliphatic carbocycles. The van der Waals surface area contributed by atoms with E-state index in [9.17, 15) is 4.79 Å². The van der Waals surface area contributed by atoms with Crippen LogP contribution in [0.15, 0.2) is 16.5 Å². The summed E-state index contributed by atoms with van der Waals surface area (Å²) in [6.45, 7) is 4.58. The molecule has 0 N–H and O–H groups in total. The lowest BCUT2D eigenvalue weighted by Gasteiger charge is -2.13. The van der Waals surface area contributed by atoms with Gasteiger partial charge in [0.2, 0.25) is 5.78 Å². The summed E-state index contributed by atoms with van der Waals surface area (Å²) < 4.78 is 10.8. The summed E-state index contributed by atoms with van der Waals surface area (Å²) in [5.41, 5.74) is 0. The maximum Gasteiger partial charge on any atom is 0.203 e. The number of carbonyl (C=O) groups excluding carboxylic acids is 1. The first kappa shape index (κ1) is 10.4. The summed E-state index contributed by atoms with van der Waals surface area (Å²) in [4.78, 5) is 12.1. The molecule has 0 radical (unpaired) electrons. The van der Waals surface area contributed by atoms with Crippen molar-refractivity contribution in [3.63, 3.8) is 0 Å². The highest BCUT2D eigenvalue weighted by molar-refractivity contribution is 5.95. The van der Waals surface area contributed by atoms with Crippen molar-refractivity contribution < 1.29 is 13.9 Å². The molecule has 1 aliphatic rings. The number of aryl methyl sites for hydroxylation is 1. The largest absolute Gasteiger partial charge is 0.458 e. The van der Waals surface area contributed by atoms with Crippen LogP contribution in [-0.4, -0.2) is 18.5 Å². The van der Waals surface area contributed by atoms with E-state index < -0.39 is 0 Å². The van der Waals surface area contributed by atoms with Gasteiger partial charge in [-0.05, 0) is 31.9 Å². The quantitative estimate of drug-likeness (QED) is 0.717. The van der Waals surface area contributed by atoms with Crippen molar-refractivity contribution in [2.45, 2.75) is 32.8 Å². The molecule has 1 saturated heterocycles. The lowest BCUT2D eigenvalue weighted by Crippen LogP contribution is -2.23. The summed E-state index contributed by atoms with van der Waals surface area (Å²) in [5.74, 6) is 1.33. The molecule has 1 fully saturated rings. The first-order valence-corrected chi connectivity index (χ1v) is 5.44. The minimum absolute atomic E-state index is 0.0134. The zero-order chi connectivity index (χ0) is 10.8. The Labute approximate surface area is 89.4 Å². The second-order valence-electron chi connectivity index (χ2n) is 3.99. The second kappa shape index (κ2) is 4.19. The molecule has 1 aliphatic heterocycles. The highest BCUT2D eigenvalue weighted by atomic mass is 16.5. The molecule has 1 aromatic rings. The van der Waals surface area contributed by atoms with Crippen molar-refractivity contribution >= 4 is 5.78 Å². The summed E-state index contributed by atoms with van der Waals surface area (Å²) in [5, 5.41) is 0. The van der Waals surface area contributed by atoms with Gasteiger partial charge in [-0.25, -0.2) is 0 Å². The first-order chi connectivity index (χ1) is 7.22. The fourth-order valence-electron chi connectivity index (χ4n) is 2.10. The van der Waals surface area contributed by atoms with Crippen LogP contribution in [0.2, 0.25) is 0 Å². The molecule has 1 aromatic heterocycles. The Morgan fingerprint density at radius 2 is 2.33 bits per heavy atom. The fourth-order valence-corrected chi connectivity index (χ4v) is 2.10. The van der Waals surface area contributed by atoms with Crippen LogP contribution in [0, 0.1) is 12.8 Å². The summed E-state index contributed by atoms with van der Waals surface area (Å²) in [6, 6.07) is 3.58. The smallest absolute Gasteiger partial charge is 0.203 e. The van der Waals surface area contributed by atoms with E-state index in [1.165, 1.54) is 0 Å². The second-order valence-corrected chi connectivity index (χ2v) is 3.99. The lowest BCUT2D eigenvalue weighted by molar-refractivity contribution is 0.0667. The Bertz CT molecular complexity index is 354. The standard InChI is InChI=1S/C12H16O3/c1-3-10-9(6-7-14-10)12(13)11-5-4-8(2)15-11/h4-5,9-10H,3,6-7H2,1-2H3. The molecule has 0 bridgehead atoms. The third-order valence-electron chi connectivity index (χ3n) is 2.93. The molecule has 0 aromatic carbocycles. The van der Waals surface area contributed by atoms with E-state index in [0.717, 1.165) is 18.6 Å². The van der Waals surface area contributed by atoms with E-state index in [2.05, 4.69) is 0 Å². The van der Waals surface area contributed by atoms with Gasteiger partial charge in [-0.15, -0.1) is 0 Å². The number of Topliss-reactive ketones (excluding diaryl/α,β-unsaturated/α-hetero) is 1. The summed E-state index contributed by atoms with van der Waals surface area (Å²) in [7, 11) is 0. The minimum atomic E-state index is -0.0134. The number of hydrogen-bond acceptors (Lipinski definition) is 3. The molecule has 2 heterocycles. The Balaban J connectivity index is 2.13. The van der Waals surface area contributed by atoms with Crippen molar-refractivity contribution in [1.82, 2.24) is 0 Å². The molecule has 0 saturated carbocycles. The molecular formula is C12H16O3. The number of ether oxygens (including phenoxy) is 1. The van der Waals surface area contributed by atoms with Gasteiger partial charge in [-0.3, -0.25) is 4.79 Å². The third kappa shape index (κ3) is 1.97. The molecule has 15 heavy (non-hydrogen) atoms. The van der Waals surface area contributed by atoms with Crippen molar-refractivity contribution in [2.75, 3.05) is 6.61 Å². The molecule has 2 unspecified atom stereocenters. The van der Waals surface area contributed by atoms with E-state index in [4.69, 9.17) is 9.15 Å². The van der Waals surface area contributed by atoms with Crippen molar-refractivity contribution in [3.05, 3.63) is 23.7 Å². The van der Waals surface area contributed by atoms with Crippen LogP contribution in [0.5, 0.6) is 0 Å². The number of ketones is 1. The van der Waals surface area contributed by atoms with Gasteiger partial charge in [0.25, 0.3) is 0 Å². The molecule has 2 atom stereocenters. The monoisotopic (exact) mass is 208 g/mol. The van der Waals surface area contributed by atoms with Gasteiger partial charge >= 0.3 is 0 Å². The van der Waals surface area contributed by atoms with Gasteiger partial charge in [0.05, 0.1) is 12.0 Å². The van der Waals surface area contributed by atoms with E-state index in [1.807, 2.05) is 19.9 Å². The molecule has 0 spiro atoms. The Morgan fingerprint density at radius 1 is 1.53 bits per heavy atom. The molecule has 3 heteroatoms. The van der Waals surface area contributed by atoms with Gasteiger partial charge < -0.3 is 9.15 Å². The Morgan fingerprint density at radius 3 is 2.93 bits per heavy atom. The number of carbonyl (C=O) groups is 1. The zero-order valence-corrected chi connectivity index (χ0v) is 9.16. The molecular weight excluding hydrogens is 192 g/mol. The molecule has 2 rings (SSSR count). The fraction of sp³-hybridized carbons (Fsp3) is 0.583. The maximum atomic E-state index is 12.1. The van der Waals surface area contributed by atoms with Crippen molar-refractivity contribution in [2.24, 2.45) is 5.92 Å². The van der Waals surface area contributed by atoms with Crippen LogP contribution < -0.4 is 0 Å². The van der Waals surface area contributed by atoms with E-state index in [1.54, 1.807) is 6.07 Å². The topological polar surface area (TPSA) is 39.4 Å². The van der Waals surface area contributed by atoms with Gasteiger partial charge in [0.1, 0.15) is 5.76 Å². The van der Waals surface area contributed by atoms with Gasteiger partial charge in [0, 0.05) is 6.61 Å². The predicted octanol–water partition coefficient (Wildman–Crippen LogP) is 2.59. The van der Waals surface area contributed by atoms with E-state index >= 15 is 0 Å². The van der Waals surface area contributed by atoms with Crippen LogP contribution in [0.4, 0.5) is 0 Å². The van der Waals surface area contributed by atoms with Crippen LogP contribution in [0.3, 0.4) is 0 Å². The Hall–Kier alpha value is -1.09. The maximum absolute atomic E-state index is 12.1. The molecule has 82 valence electrons. The zero-order valence-electron chi connectivity index (χ0n) is 9.16. The van der Waals surface area contributed by atoms with Crippen LogP contribution >= 0.6 is 0 Å². The average Bonchev–Trinajstić information content (AvgIpc) is 2.84. The van der Waals surface area contributed by atoms with Gasteiger partial charge in [-0.1, -0.05) is 6.92 Å². The van der Waals surface area contributed by atoms with Crippen molar-refractivity contribution in [1.29, 1.82) is 0 Å². The molecule has 3 nitrogen and oxygen atoms in total. The normalized spacial score (nSPS) is 25.7. The van der Waals surface area contributed by atoms with Crippen LogP contribution in [-0.2, 0) is 4.74 Å². The SMILES string of the molecule is CCC1OCCC1C(=O)c1ccc(C)o1. The summed E-state index contributed by atoms with van der Waals surface area (Å²) >= 11 is 0. The van der Waals surface area contributed by atoms with Crippen LogP contribution in [0.1, 0.15) is 36.1 Å². The summed E-state index contributed by atoms with van der Waals surface area (Å²) in [6.07, 6.45) is 1.77. The highest BCUT2D eigenvalue weighted by Crippen LogP contribution is 2.27. The third-order valence-corrected chi connectivity index (χ3v) is 2.93. The lowest BCUT2D eigenvalue weighted by atomic mass is 9.93.